The van der Waals surface area contributed by atoms with Crippen LogP contribution < -0.4 is 10.6 Å². The van der Waals surface area contributed by atoms with Crippen molar-refractivity contribution < 1.29 is 4.74 Å². The lowest BCUT2D eigenvalue weighted by Gasteiger charge is -2.30. The standard InChI is InChI=1S/C20H21N3O/c1-14-6-8-15(9-7-14)18-19(21)16-4-2-3-5-17(16)22-20(18)23-10-12-24-13-11-23/h2-9H,10-13H2,1H3,(H2,21,22). The number of anilines is 2. The average Bonchev–Trinajstić information content (AvgIpc) is 2.63. The van der Waals surface area contributed by atoms with Crippen molar-refractivity contribution in [2.45, 2.75) is 6.92 Å². The number of benzene rings is 2. The number of hydrogen-bond acceptors (Lipinski definition) is 4. The second kappa shape index (κ2) is 6.13. The van der Waals surface area contributed by atoms with E-state index in [1.165, 1.54) is 5.56 Å². The summed E-state index contributed by atoms with van der Waals surface area (Å²) >= 11 is 0. The molecular weight excluding hydrogens is 298 g/mol. The number of nitrogens with zero attached hydrogens (tertiary/aromatic N) is 2. The maximum absolute atomic E-state index is 6.60. The van der Waals surface area contributed by atoms with Crippen LogP contribution in [0.1, 0.15) is 5.56 Å². The van der Waals surface area contributed by atoms with Crippen LogP contribution in [-0.2, 0) is 4.74 Å². The highest BCUT2D eigenvalue weighted by Gasteiger charge is 2.21. The first-order valence-electron chi connectivity index (χ1n) is 8.32. The quantitative estimate of drug-likeness (QED) is 0.783. The van der Waals surface area contributed by atoms with E-state index in [1.807, 2.05) is 24.3 Å². The number of nitrogens with two attached hydrogens (primary N) is 1. The van der Waals surface area contributed by atoms with Crippen molar-refractivity contribution in [2.75, 3.05) is 36.9 Å². The molecule has 2 N–H and O–H groups in total. The van der Waals surface area contributed by atoms with Gasteiger partial charge in [0.1, 0.15) is 5.82 Å². The molecule has 0 amide bonds. The van der Waals surface area contributed by atoms with Crippen LogP contribution in [0.15, 0.2) is 48.5 Å². The summed E-state index contributed by atoms with van der Waals surface area (Å²) in [5.41, 5.74) is 11.7. The van der Waals surface area contributed by atoms with Gasteiger partial charge in [0.05, 0.1) is 24.4 Å². The molecule has 2 aromatic carbocycles. The van der Waals surface area contributed by atoms with E-state index < -0.39 is 0 Å². The van der Waals surface area contributed by atoms with Crippen molar-refractivity contribution in [3.63, 3.8) is 0 Å². The van der Waals surface area contributed by atoms with E-state index in [4.69, 9.17) is 15.5 Å². The Morgan fingerprint density at radius 2 is 1.71 bits per heavy atom. The summed E-state index contributed by atoms with van der Waals surface area (Å²) in [6.45, 7) is 5.21. The third kappa shape index (κ3) is 2.59. The van der Waals surface area contributed by atoms with Gasteiger partial charge in [-0.2, -0.15) is 0 Å². The summed E-state index contributed by atoms with van der Waals surface area (Å²) in [4.78, 5) is 7.23. The molecular formula is C20H21N3O. The van der Waals surface area contributed by atoms with Crippen molar-refractivity contribution in [1.82, 2.24) is 4.98 Å². The van der Waals surface area contributed by atoms with Crippen molar-refractivity contribution >= 4 is 22.4 Å². The third-order valence-corrected chi connectivity index (χ3v) is 4.56. The number of rotatable bonds is 2. The maximum Gasteiger partial charge on any atom is 0.139 e. The van der Waals surface area contributed by atoms with E-state index in [-0.39, 0.29) is 0 Å². The Morgan fingerprint density at radius 1 is 1.00 bits per heavy atom. The molecule has 0 atom stereocenters. The average molecular weight is 319 g/mol. The van der Waals surface area contributed by atoms with Crippen molar-refractivity contribution in [3.05, 3.63) is 54.1 Å². The summed E-state index contributed by atoms with van der Waals surface area (Å²) in [5, 5.41) is 1.00. The minimum absolute atomic E-state index is 0.724. The minimum atomic E-state index is 0.724. The van der Waals surface area contributed by atoms with Gasteiger partial charge in [-0.1, -0.05) is 48.0 Å². The predicted octanol–water partition coefficient (Wildman–Crippen LogP) is 3.63. The zero-order valence-corrected chi connectivity index (χ0v) is 13.8. The highest BCUT2D eigenvalue weighted by atomic mass is 16.5. The zero-order chi connectivity index (χ0) is 16.5. The molecule has 2 heterocycles. The number of hydrogen-bond donors (Lipinski definition) is 1. The Balaban J connectivity index is 1.97. The first kappa shape index (κ1) is 15.0. The minimum Gasteiger partial charge on any atom is -0.398 e. The van der Waals surface area contributed by atoms with Gasteiger partial charge in [-0.25, -0.2) is 4.98 Å². The Morgan fingerprint density at radius 3 is 2.46 bits per heavy atom. The Kier molecular flexibility index (Phi) is 3.82. The number of fused-ring (bicyclic) bond motifs is 1. The first-order chi connectivity index (χ1) is 11.7. The number of aryl methyl sites for hydroxylation is 1. The maximum atomic E-state index is 6.60. The SMILES string of the molecule is Cc1ccc(-c2c(N3CCOCC3)nc3ccccc3c2N)cc1. The Labute approximate surface area is 141 Å². The molecule has 24 heavy (non-hydrogen) atoms. The zero-order valence-electron chi connectivity index (χ0n) is 13.8. The summed E-state index contributed by atoms with van der Waals surface area (Å²) in [6.07, 6.45) is 0. The van der Waals surface area contributed by atoms with E-state index in [1.54, 1.807) is 0 Å². The van der Waals surface area contributed by atoms with Crippen LogP contribution in [0.5, 0.6) is 0 Å². The second-order valence-electron chi connectivity index (χ2n) is 6.21. The number of pyridine rings is 1. The predicted molar refractivity (Wildman–Crippen MR) is 99.4 cm³/mol. The number of para-hydroxylation sites is 1. The molecule has 1 aliphatic heterocycles. The van der Waals surface area contributed by atoms with E-state index in [9.17, 15) is 0 Å². The molecule has 4 nitrogen and oxygen atoms in total. The Bertz CT molecular complexity index is 868. The van der Waals surface area contributed by atoms with Crippen LogP contribution in [0.2, 0.25) is 0 Å². The van der Waals surface area contributed by atoms with Crippen molar-refractivity contribution in [1.29, 1.82) is 0 Å². The van der Waals surface area contributed by atoms with Gasteiger partial charge in [0.25, 0.3) is 0 Å². The van der Waals surface area contributed by atoms with Crippen LogP contribution in [-0.4, -0.2) is 31.3 Å². The van der Waals surface area contributed by atoms with Crippen LogP contribution in [0.3, 0.4) is 0 Å². The highest BCUT2D eigenvalue weighted by Crippen LogP contribution is 2.39. The van der Waals surface area contributed by atoms with Crippen LogP contribution >= 0.6 is 0 Å². The topological polar surface area (TPSA) is 51.4 Å². The summed E-state index contributed by atoms with van der Waals surface area (Å²) in [6, 6.07) is 16.6. The molecule has 4 heteroatoms. The van der Waals surface area contributed by atoms with Gasteiger partial charge >= 0.3 is 0 Å². The van der Waals surface area contributed by atoms with Crippen molar-refractivity contribution in [3.8, 4) is 11.1 Å². The van der Waals surface area contributed by atoms with Gasteiger partial charge < -0.3 is 15.4 Å². The lowest BCUT2D eigenvalue weighted by molar-refractivity contribution is 0.122. The monoisotopic (exact) mass is 319 g/mol. The number of aromatic nitrogens is 1. The van der Waals surface area contributed by atoms with Gasteiger partial charge in [-0.05, 0) is 18.6 Å². The fourth-order valence-corrected chi connectivity index (χ4v) is 3.23. The molecule has 0 spiro atoms. The van der Waals surface area contributed by atoms with E-state index in [0.717, 1.165) is 59.8 Å². The third-order valence-electron chi connectivity index (χ3n) is 4.56. The highest BCUT2D eigenvalue weighted by molar-refractivity contribution is 6.02. The van der Waals surface area contributed by atoms with E-state index in [2.05, 4.69) is 36.1 Å². The molecule has 0 unspecified atom stereocenters. The van der Waals surface area contributed by atoms with E-state index >= 15 is 0 Å². The van der Waals surface area contributed by atoms with Gasteiger partial charge in [0.15, 0.2) is 0 Å². The summed E-state index contributed by atoms with van der Waals surface area (Å²) in [7, 11) is 0. The molecule has 1 aromatic heterocycles. The fourth-order valence-electron chi connectivity index (χ4n) is 3.23. The lowest BCUT2D eigenvalue weighted by atomic mass is 9.99. The first-order valence-corrected chi connectivity index (χ1v) is 8.32. The number of morpholine rings is 1. The van der Waals surface area contributed by atoms with Gasteiger partial charge in [0.2, 0.25) is 0 Å². The normalized spacial score (nSPS) is 15.0. The lowest BCUT2D eigenvalue weighted by Crippen LogP contribution is -2.37. The number of nitrogen functional groups attached to an aromatic ring is 1. The van der Waals surface area contributed by atoms with Gasteiger partial charge in [0, 0.05) is 24.0 Å². The molecule has 3 aromatic rings. The molecule has 0 radical (unpaired) electrons. The molecule has 122 valence electrons. The fraction of sp³-hybridized carbons (Fsp3) is 0.250. The molecule has 1 saturated heterocycles. The molecule has 0 aliphatic carbocycles. The van der Waals surface area contributed by atoms with E-state index in [0.29, 0.717) is 0 Å². The second-order valence-corrected chi connectivity index (χ2v) is 6.21. The van der Waals surface area contributed by atoms with Crippen LogP contribution in [0, 0.1) is 6.92 Å². The molecule has 4 rings (SSSR count). The molecule has 0 bridgehead atoms. The van der Waals surface area contributed by atoms with Crippen molar-refractivity contribution in [2.24, 2.45) is 0 Å². The summed E-state index contributed by atoms with van der Waals surface area (Å²) < 4.78 is 5.50. The smallest absolute Gasteiger partial charge is 0.139 e. The molecule has 0 saturated carbocycles. The molecule has 1 fully saturated rings. The Hall–Kier alpha value is -2.59. The van der Waals surface area contributed by atoms with Gasteiger partial charge in [-0.3, -0.25) is 0 Å². The van der Waals surface area contributed by atoms with Crippen LogP contribution in [0.25, 0.3) is 22.0 Å². The molecule has 1 aliphatic rings. The van der Waals surface area contributed by atoms with Gasteiger partial charge in [-0.15, -0.1) is 0 Å². The van der Waals surface area contributed by atoms with Crippen LogP contribution in [0.4, 0.5) is 11.5 Å². The summed E-state index contributed by atoms with van der Waals surface area (Å²) in [5.74, 6) is 0.957. The largest absolute Gasteiger partial charge is 0.398 e. The number of ether oxygens (including phenoxy) is 1.